The van der Waals surface area contributed by atoms with Crippen molar-refractivity contribution in [3.63, 3.8) is 0 Å². The number of hydrogen-bond donors (Lipinski definition) is 1. The molecule has 4 fully saturated rings. The molecule has 1 aliphatic heterocycles. The van der Waals surface area contributed by atoms with Gasteiger partial charge >= 0.3 is 0 Å². The van der Waals surface area contributed by atoms with Gasteiger partial charge in [-0.25, -0.2) is 0 Å². The Labute approximate surface area is 151 Å². The Morgan fingerprint density at radius 3 is 2.36 bits per heavy atom. The molecular formula is C20H33N3O2. The van der Waals surface area contributed by atoms with Crippen LogP contribution in [0.3, 0.4) is 0 Å². The fraction of sp³-hybridized carbons (Fsp3) is 0.900. The zero-order chi connectivity index (χ0) is 17.2. The van der Waals surface area contributed by atoms with Crippen LogP contribution in [0.2, 0.25) is 0 Å². The van der Waals surface area contributed by atoms with Gasteiger partial charge in [-0.15, -0.1) is 0 Å². The lowest BCUT2D eigenvalue weighted by Gasteiger charge is -2.36. The SMILES string of the molecule is O=C(NCCN1CCN(C(=O)C[C@H]2C[C@H]3CC[C@H]2C3)CC1)C1CCC1. The van der Waals surface area contributed by atoms with Crippen molar-refractivity contribution in [1.82, 2.24) is 15.1 Å². The van der Waals surface area contributed by atoms with E-state index in [9.17, 15) is 9.59 Å². The lowest BCUT2D eigenvalue weighted by atomic mass is 9.85. The first-order valence-corrected chi connectivity index (χ1v) is 10.5. The molecule has 2 bridgehead atoms. The average molecular weight is 348 g/mol. The molecule has 0 aromatic rings. The first-order chi connectivity index (χ1) is 12.2. The first-order valence-electron chi connectivity index (χ1n) is 10.5. The minimum atomic E-state index is 0.242. The largest absolute Gasteiger partial charge is 0.355 e. The lowest BCUT2D eigenvalue weighted by Crippen LogP contribution is -2.50. The van der Waals surface area contributed by atoms with E-state index in [0.717, 1.165) is 70.4 Å². The van der Waals surface area contributed by atoms with Crippen molar-refractivity contribution >= 4 is 11.8 Å². The molecular weight excluding hydrogens is 314 g/mol. The zero-order valence-corrected chi connectivity index (χ0v) is 15.4. The first kappa shape index (κ1) is 17.3. The minimum Gasteiger partial charge on any atom is -0.355 e. The third kappa shape index (κ3) is 4.02. The van der Waals surface area contributed by atoms with Crippen molar-refractivity contribution in [2.45, 2.75) is 51.4 Å². The summed E-state index contributed by atoms with van der Waals surface area (Å²) in [5.74, 6) is 3.34. The number of fused-ring (bicyclic) bond motifs is 2. The average Bonchev–Trinajstić information content (AvgIpc) is 3.16. The third-order valence-electron chi connectivity index (χ3n) is 7.25. The van der Waals surface area contributed by atoms with Crippen molar-refractivity contribution in [1.29, 1.82) is 0 Å². The van der Waals surface area contributed by atoms with E-state index in [1.807, 2.05) is 0 Å². The molecule has 3 aliphatic carbocycles. The van der Waals surface area contributed by atoms with E-state index in [-0.39, 0.29) is 11.8 Å². The highest BCUT2D eigenvalue weighted by molar-refractivity contribution is 5.79. The second-order valence-electron chi connectivity index (χ2n) is 8.78. The van der Waals surface area contributed by atoms with E-state index in [4.69, 9.17) is 0 Å². The second kappa shape index (κ2) is 7.65. The van der Waals surface area contributed by atoms with Gasteiger partial charge in [0.15, 0.2) is 0 Å². The van der Waals surface area contributed by atoms with Gasteiger partial charge in [-0.2, -0.15) is 0 Å². The molecule has 25 heavy (non-hydrogen) atoms. The number of carbonyl (C=O) groups excluding carboxylic acids is 2. The predicted molar refractivity (Wildman–Crippen MR) is 96.9 cm³/mol. The Kier molecular flexibility index (Phi) is 5.30. The van der Waals surface area contributed by atoms with Gasteiger partial charge in [0, 0.05) is 51.6 Å². The van der Waals surface area contributed by atoms with Gasteiger partial charge < -0.3 is 10.2 Å². The summed E-state index contributed by atoms with van der Waals surface area (Å²) in [6.45, 7) is 5.26. The van der Waals surface area contributed by atoms with Crippen LogP contribution in [-0.4, -0.2) is 60.9 Å². The topological polar surface area (TPSA) is 52.7 Å². The fourth-order valence-electron chi connectivity index (χ4n) is 5.35. The van der Waals surface area contributed by atoms with E-state index in [2.05, 4.69) is 15.1 Å². The van der Waals surface area contributed by atoms with Gasteiger partial charge in [-0.05, 0) is 49.9 Å². The zero-order valence-electron chi connectivity index (χ0n) is 15.4. The molecule has 3 saturated carbocycles. The van der Waals surface area contributed by atoms with Gasteiger partial charge in [-0.1, -0.05) is 12.8 Å². The maximum absolute atomic E-state index is 12.6. The molecule has 1 saturated heterocycles. The Morgan fingerprint density at radius 2 is 1.76 bits per heavy atom. The monoisotopic (exact) mass is 347 g/mol. The second-order valence-corrected chi connectivity index (χ2v) is 8.78. The van der Waals surface area contributed by atoms with Crippen LogP contribution < -0.4 is 5.32 Å². The van der Waals surface area contributed by atoms with Crippen molar-refractivity contribution in [3.05, 3.63) is 0 Å². The van der Waals surface area contributed by atoms with Crippen LogP contribution in [-0.2, 0) is 9.59 Å². The summed E-state index contributed by atoms with van der Waals surface area (Å²) in [5, 5.41) is 3.07. The standard InChI is InChI=1S/C20H33N3O2/c24-19(14-18-13-15-4-5-17(18)12-15)23-10-8-22(9-11-23)7-6-21-20(25)16-2-1-3-16/h15-18H,1-14H2,(H,21,25)/t15-,17-,18+/m0/s1. The molecule has 0 radical (unpaired) electrons. The molecule has 140 valence electrons. The van der Waals surface area contributed by atoms with Gasteiger partial charge in [0.1, 0.15) is 0 Å². The number of nitrogens with one attached hydrogen (secondary N) is 1. The summed E-state index contributed by atoms with van der Waals surface area (Å²) < 4.78 is 0. The molecule has 5 heteroatoms. The maximum atomic E-state index is 12.6. The van der Waals surface area contributed by atoms with Crippen LogP contribution in [0.1, 0.15) is 51.4 Å². The third-order valence-corrected chi connectivity index (χ3v) is 7.25. The van der Waals surface area contributed by atoms with Crippen molar-refractivity contribution in [2.75, 3.05) is 39.3 Å². The molecule has 1 heterocycles. The Balaban J connectivity index is 1.12. The number of amides is 2. The normalized spacial score (nSPS) is 32.6. The van der Waals surface area contributed by atoms with Gasteiger partial charge in [0.2, 0.25) is 11.8 Å². The number of rotatable bonds is 6. The van der Waals surface area contributed by atoms with Gasteiger partial charge in [-0.3, -0.25) is 14.5 Å². The highest BCUT2D eigenvalue weighted by atomic mass is 16.2. The van der Waals surface area contributed by atoms with Crippen molar-refractivity contribution in [3.8, 4) is 0 Å². The highest BCUT2D eigenvalue weighted by Gasteiger charge is 2.40. The van der Waals surface area contributed by atoms with Crippen LogP contribution in [0, 0.1) is 23.7 Å². The summed E-state index contributed by atoms with van der Waals surface area (Å²) >= 11 is 0. The van der Waals surface area contributed by atoms with Crippen LogP contribution >= 0.6 is 0 Å². The highest BCUT2D eigenvalue weighted by Crippen LogP contribution is 2.49. The van der Waals surface area contributed by atoms with Crippen molar-refractivity contribution < 1.29 is 9.59 Å². The number of nitrogens with zero attached hydrogens (tertiary/aromatic N) is 2. The van der Waals surface area contributed by atoms with Gasteiger partial charge in [0.25, 0.3) is 0 Å². The van der Waals surface area contributed by atoms with Crippen LogP contribution in [0.25, 0.3) is 0 Å². The molecule has 4 aliphatic rings. The summed E-state index contributed by atoms with van der Waals surface area (Å²) in [6, 6.07) is 0. The van der Waals surface area contributed by atoms with Crippen molar-refractivity contribution in [2.24, 2.45) is 23.7 Å². The smallest absolute Gasteiger partial charge is 0.223 e. The fourth-order valence-corrected chi connectivity index (χ4v) is 5.35. The lowest BCUT2D eigenvalue weighted by molar-refractivity contribution is -0.134. The molecule has 0 aromatic heterocycles. The molecule has 1 N–H and O–H groups in total. The predicted octanol–water partition coefficient (Wildman–Crippen LogP) is 1.87. The van der Waals surface area contributed by atoms with E-state index in [1.54, 1.807) is 0 Å². The Bertz CT molecular complexity index is 497. The molecule has 2 amide bonds. The van der Waals surface area contributed by atoms with Crippen LogP contribution in [0.5, 0.6) is 0 Å². The molecule has 0 spiro atoms. The quantitative estimate of drug-likeness (QED) is 0.798. The molecule has 3 atom stereocenters. The van der Waals surface area contributed by atoms with Crippen LogP contribution in [0.4, 0.5) is 0 Å². The van der Waals surface area contributed by atoms with Crippen LogP contribution in [0.15, 0.2) is 0 Å². The molecule has 0 aromatic carbocycles. The van der Waals surface area contributed by atoms with E-state index in [0.29, 0.717) is 11.8 Å². The van der Waals surface area contributed by atoms with E-state index < -0.39 is 0 Å². The summed E-state index contributed by atoms with van der Waals surface area (Å²) in [6.07, 6.45) is 9.59. The summed E-state index contributed by atoms with van der Waals surface area (Å²) in [7, 11) is 0. The number of carbonyl (C=O) groups is 2. The number of hydrogen-bond acceptors (Lipinski definition) is 3. The number of piperazine rings is 1. The van der Waals surface area contributed by atoms with E-state index >= 15 is 0 Å². The summed E-state index contributed by atoms with van der Waals surface area (Å²) in [4.78, 5) is 28.9. The Hall–Kier alpha value is -1.10. The van der Waals surface area contributed by atoms with Gasteiger partial charge in [0.05, 0.1) is 0 Å². The summed E-state index contributed by atoms with van der Waals surface area (Å²) in [5.41, 5.74) is 0. The molecule has 0 unspecified atom stereocenters. The van der Waals surface area contributed by atoms with E-state index in [1.165, 1.54) is 32.1 Å². The molecule has 5 nitrogen and oxygen atoms in total. The Morgan fingerprint density at radius 1 is 0.960 bits per heavy atom. The minimum absolute atomic E-state index is 0.242. The molecule has 4 rings (SSSR count). The maximum Gasteiger partial charge on any atom is 0.223 e.